The highest BCUT2D eigenvalue weighted by Gasteiger charge is 2.44. The highest BCUT2D eigenvalue weighted by atomic mass is 32.6. The molecule has 1 aliphatic heterocycles. The highest BCUT2D eigenvalue weighted by molar-refractivity contribution is 8.59. The number of thioether (sulfide) groups is 1. The van der Waals surface area contributed by atoms with Crippen LogP contribution in [0.2, 0.25) is 0 Å². The van der Waals surface area contributed by atoms with Crippen molar-refractivity contribution in [1.82, 2.24) is 0 Å². The molecule has 1 saturated heterocycles. The third-order valence-corrected chi connectivity index (χ3v) is 14.2. The lowest BCUT2D eigenvalue weighted by molar-refractivity contribution is -0.125. The van der Waals surface area contributed by atoms with Gasteiger partial charge in [-0.05, 0) is 13.7 Å². The van der Waals surface area contributed by atoms with E-state index in [4.69, 9.17) is 18.3 Å². The molecular formula is C7H23O4P9S. The van der Waals surface area contributed by atoms with Gasteiger partial charge in [-0.15, -0.1) is 20.7 Å². The van der Waals surface area contributed by atoms with Gasteiger partial charge in [-0.3, -0.25) is 0 Å². The van der Waals surface area contributed by atoms with Crippen LogP contribution in [0.15, 0.2) is 0 Å². The van der Waals surface area contributed by atoms with Crippen LogP contribution in [0, 0.1) is 0 Å². The first-order valence-electron chi connectivity index (χ1n) is 6.02. The molecule has 1 heterocycles. The van der Waals surface area contributed by atoms with Gasteiger partial charge in [-0.1, -0.05) is 42.6 Å². The molecule has 1 aliphatic rings. The van der Waals surface area contributed by atoms with Gasteiger partial charge in [0, 0.05) is 8.50 Å². The predicted molar refractivity (Wildman–Crippen MR) is 122 cm³/mol. The van der Waals surface area contributed by atoms with Crippen molar-refractivity contribution in [2.24, 2.45) is 0 Å². The molecule has 4 nitrogen and oxygen atoms in total. The Labute approximate surface area is 149 Å². The van der Waals surface area contributed by atoms with Crippen LogP contribution in [-0.2, 0) is 18.3 Å². The van der Waals surface area contributed by atoms with Crippen LogP contribution in [0.4, 0.5) is 0 Å². The van der Waals surface area contributed by atoms with Crippen LogP contribution in [-0.4, -0.2) is 36.1 Å². The average Bonchev–Trinajstić information content (AvgIpc) is 2.44. The SMILES string of the molecule is CCSC1OCC(OP(P)PP)C(OP(P)P)C1OPP. The van der Waals surface area contributed by atoms with Gasteiger partial charge in [0.1, 0.15) is 23.7 Å². The number of rotatable bonds is 9. The fourth-order valence-electron chi connectivity index (χ4n) is 1.79. The van der Waals surface area contributed by atoms with Crippen LogP contribution in [0.25, 0.3) is 0 Å². The van der Waals surface area contributed by atoms with E-state index in [0.29, 0.717) is 23.1 Å². The van der Waals surface area contributed by atoms with Crippen LogP contribution < -0.4 is 0 Å². The molecule has 21 heavy (non-hydrogen) atoms. The van der Waals surface area contributed by atoms with Crippen molar-refractivity contribution in [3.63, 3.8) is 0 Å². The van der Waals surface area contributed by atoms with E-state index in [1.165, 1.54) is 0 Å². The molecule has 0 aromatic rings. The maximum absolute atomic E-state index is 6.13. The Hall–Kier alpha value is 4.06. The van der Waals surface area contributed by atoms with Crippen molar-refractivity contribution in [3.8, 4) is 0 Å². The summed E-state index contributed by atoms with van der Waals surface area (Å²) in [4.78, 5) is 0. The van der Waals surface area contributed by atoms with E-state index < -0.39 is 15.1 Å². The fraction of sp³-hybridized carbons (Fsp3) is 1.00. The fourth-order valence-corrected chi connectivity index (χ4v) is 7.20. The third kappa shape index (κ3) is 8.53. The number of ether oxygens (including phenoxy) is 1. The Morgan fingerprint density at radius 2 is 1.95 bits per heavy atom. The number of hydrogen-bond acceptors (Lipinski definition) is 5. The van der Waals surface area contributed by atoms with Gasteiger partial charge >= 0.3 is 0 Å². The summed E-state index contributed by atoms with van der Waals surface area (Å²) >= 11 is 1.76. The second-order valence-electron chi connectivity index (χ2n) is 3.89. The first-order chi connectivity index (χ1) is 10.0. The van der Waals surface area contributed by atoms with Gasteiger partial charge in [-0.2, -0.15) is 0 Å². The Kier molecular flexibility index (Phi) is 14.6. The summed E-state index contributed by atoms with van der Waals surface area (Å²) in [5.41, 5.74) is 0.00652. The predicted octanol–water partition coefficient (Wildman–Crippen LogP) is 5.18. The summed E-state index contributed by atoms with van der Waals surface area (Å²) in [6.45, 7) is 2.69. The Morgan fingerprint density at radius 1 is 1.24 bits per heavy atom. The van der Waals surface area contributed by atoms with Crippen LogP contribution in [0.5, 0.6) is 0 Å². The van der Waals surface area contributed by atoms with Gasteiger partial charge in [-0.25, -0.2) is 0 Å². The minimum atomic E-state index is -0.643. The van der Waals surface area contributed by atoms with Crippen molar-refractivity contribution >= 4 is 87.9 Å². The quantitative estimate of drug-likeness (QED) is 0.424. The van der Waals surface area contributed by atoms with E-state index in [9.17, 15) is 0 Å². The van der Waals surface area contributed by atoms with Gasteiger partial charge in [0.05, 0.1) is 21.7 Å². The summed E-state index contributed by atoms with van der Waals surface area (Å²) in [5.74, 6) is 0.989. The molecule has 12 unspecified atom stereocenters. The Balaban J connectivity index is 2.83. The zero-order chi connectivity index (χ0) is 15.8. The Morgan fingerprint density at radius 3 is 2.48 bits per heavy atom. The molecule has 126 valence electrons. The largest absolute Gasteiger partial charge is 0.362 e. The first-order valence-corrected chi connectivity index (χ1v) is 20.8. The lowest BCUT2D eigenvalue weighted by Gasteiger charge is -2.42. The topological polar surface area (TPSA) is 36.9 Å². The molecule has 0 aromatic heterocycles. The second-order valence-corrected chi connectivity index (χ2v) is 20.7. The van der Waals surface area contributed by atoms with E-state index in [1.54, 1.807) is 11.8 Å². The van der Waals surface area contributed by atoms with Gasteiger partial charge in [0.25, 0.3) is 0 Å². The standard InChI is InChI=1S/C7H23O4P9S/c1-2-21-7-6(9-17-12)5(11-19(14)15)4(3-8-7)10-20(16)18-13/h4-7,17-18H,2-3,12-16H2,1H3. The third-order valence-electron chi connectivity index (χ3n) is 2.54. The molecule has 0 aliphatic carbocycles. The maximum Gasteiger partial charge on any atom is 0.132 e. The second kappa shape index (κ2) is 13.3. The highest BCUT2D eigenvalue weighted by Crippen LogP contribution is 2.68. The molecule has 12 atom stereocenters. The average molecular weight is 482 g/mol. The molecule has 0 N–H and O–H groups in total. The molecule has 1 fully saturated rings. The van der Waals surface area contributed by atoms with Gasteiger partial charge < -0.3 is 18.3 Å². The molecule has 0 aromatic carbocycles. The summed E-state index contributed by atoms with van der Waals surface area (Å²) < 4.78 is 24.2. The van der Waals surface area contributed by atoms with E-state index in [2.05, 4.69) is 51.6 Å². The molecule has 0 amide bonds. The minimum absolute atomic E-state index is 0.00652. The summed E-state index contributed by atoms with van der Waals surface area (Å²) in [7, 11) is 13.4. The van der Waals surface area contributed by atoms with Gasteiger partial charge in [0.15, 0.2) is 0 Å². The molecule has 1 rings (SSSR count). The summed E-state index contributed by atoms with van der Waals surface area (Å²) in [5, 5.41) is 0. The van der Waals surface area contributed by atoms with Crippen molar-refractivity contribution in [1.29, 1.82) is 0 Å². The van der Waals surface area contributed by atoms with Crippen molar-refractivity contribution in [2.75, 3.05) is 12.4 Å². The molecule has 0 radical (unpaired) electrons. The lowest BCUT2D eigenvalue weighted by Crippen LogP contribution is -2.53. The molecule has 14 heteroatoms. The van der Waals surface area contributed by atoms with Crippen molar-refractivity contribution in [2.45, 2.75) is 30.7 Å². The zero-order valence-electron chi connectivity index (χ0n) is 11.5. The van der Waals surface area contributed by atoms with Crippen LogP contribution in [0.1, 0.15) is 6.92 Å². The molecule has 0 bridgehead atoms. The zero-order valence-corrected chi connectivity index (χ0v) is 21.9. The molecule has 0 spiro atoms. The van der Waals surface area contributed by atoms with Crippen LogP contribution >= 0.6 is 87.9 Å². The normalized spacial score (nSPS) is 32.7. The monoisotopic (exact) mass is 482 g/mol. The summed E-state index contributed by atoms with van der Waals surface area (Å²) in [6, 6.07) is 0. The van der Waals surface area contributed by atoms with Gasteiger partial charge in [0.2, 0.25) is 0 Å². The van der Waals surface area contributed by atoms with Crippen molar-refractivity contribution < 1.29 is 18.3 Å². The summed E-state index contributed by atoms with van der Waals surface area (Å²) in [6.07, 6.45) is -0.270. The van der Waals surface area contributed by atoms with E-state index in [-0.39, 0.29) is 23.7 Å². The minimum Gasteiger partial charge on any atom is -0.362 e. The smallest absolute Gasteiger partial charge is 0.132 e. The van der Waals surface area contributed by atoms with Crippen molar-refractivity contribution in [3.05, 3.63) is 0 Å². The number of hydrogen-bond donors (Lipinski definition) is 0. The Bertz CT molecular complexity index is 291. The first kappa shape index (κ1) is 23.1. The van der Waals surface area contributed by atoms with E-state index in [1.807, 2.05) is 0 Å². The lowest BCUT2D eigenvalue weighted by atomic mass is 10.1. The van der Waals surface area contributed by atoms with E-state index >= 15 is 0 Å². The molecule has 0 saturated carbocycles. The van der Waals surface area contributed by atoms with E-state index in [0.717, 1.165) is 5.75 Å². The maximum atomic E-state index is 6.13. The molecular weight excluding hydrogens is 459 g/mol. The van der Waals surface area contributed by atoms with Crippen LogP contribution in [0.3, 0.4) is 0 Å².